The summed E-state index contributed by atoms with van der Waals surface area (Å²) in [6, 6.07) is 7.60. The summed E-state index contributed by atoms with van der Waals surface area (Å²) in [5.41, 5.74) is 0. The van der Waals surface area contributed by atoms with Crippen LogP contribution in [0.4, 0.5) is 0 Å². The zero-order valence-electron chi connectivity index (χ0n) is 11.4. The minimum absolute atomic E-state index is 0.0838. The maximum absolute atomic E-state index is 12.0. The smallest absolute Gasteiger partial charge is 0.224 e. The number of benzene rings is 1. The summed E-state index contributed by atoms with van der Waals surface area (Å²) in [4.78, 5) is 12.0. The molecule has 1 fully saturated rings. The second-order valence-electron chi connectivity index (χ2n) is 5.29. The van der Waals surface area contributed by atoms with Crippen molar-refractivity contribution in [2.75, 3.05) is 26.2 Å². The average Bonchev–Trinajstić information content (AvgIpc) is 2.53. The zero-order chi connectivity index (χ0) is 13.8. The second-order valence-corrected chi connectivity index (χ2v) is 5.29. The van der Waals surface area contributed by atoms with Gasteiger partial charge in [0.2, 0.25) is 5.91 Å². The topological polar surface area (TPSA) is 59.6 Å². The van der Waals surface area contributed by atoms with Gasteiger partial charge in [0.25, 0.3) is 0 Å². The summed E-state index contributed by atoms with van der Waals surface area (Å²) in [6.07, 6.45) is 1.91. The molecule has 0 radical (unpaired) electrons. The highest BCUT2D eigenvalue weighted by molar-refractivity contribution is 5.79. The van der Waals surface area contributed by atoms with E-state index in [1.165, 1.54) is 0 Å². The molecule has 0 saturated carbocycles. The maximum atomic E-state index is 12.0. The Morgan fingerprint density at radius 2 is 2.20 bits per heavy atom. The van der Waals surface area contributed by atoms with E-state index in [9.17, 15) is 4.79 Å². The van der Waals surface area contributed by atoms with Crippen molar-refractivity contribution in [2.24, 2.45) is 5.92 Å². The molecule has 1 saturated heterocycles. The molecule has 1 amide bonds. The van der Waals surface area contributed by atoms with Crippen LogP contribution in [0.25, 0.3) is 0 Å². The van der Waals surface area contributed by atoms with E-state index in [1.54, 1.807) is 0 Å². The molecule has 2 aliphatic rings. The summed E-state index contributed by atoms with van der Waals surface area (Å²) >= 11 is 0. The first-order valence-corrected chi connectivity index (χ1v) is 7.20. The van der Waals surface area contributed by atoms with E-state index in [0.29, 0.717) is 13.2 Å². The fourth-order valence-corrected chi connectivity index (χ4v) is 2.60. The second kappa shape index (κ2) is 6.13. The van der Waals surface area contributed by atoms with Crippen LogP contribution >= 0.6 is 0 Å². The molecule has 20 heavy (non-hydrogen) atoms. The Kier molecular flexibility index (Phi) is 4.06. The van der Waals surface area contributed by atoms with Crippen molar-refractivity contribution in [1.82, 2.24) is 10.6 Å². The highest BCUT2D eigenvalue weighted by atomic mass is 16.6. The summed E-state index contributed by atoms with van der Waals surface area (Å²) in [6.45, 7) is 2.75. The molecule has 0 aromatic heterocycles. The van der Waals surface area contributed by atoms with E-state index < -0.39 is 0 Å². The monoisotopic (exact) mass is 276 g/mol. The van der Waals surface area contributed by atoms with Gasteiger partial charge in [-0.25, -0.2) is 0 Å². The van der Waals surface area contributed by atoms with Crippen LogP contribution in [0.1, 0.15) is 12.8 Å². The number of amides is 1. The average molecular weight is 276 g/mol. The SMILES string of the molecule is O=C(NCC1COc2ccccc2O1)C1CCCNC1. The third-order valence-corrected chi connectivity index (χ3v) is 3.74. The Bertz CT molecular complexity index is 472. The molecular formula is C15H20N2O3. The summed E-state index contributed by atoms with van der Waals surface area (Å²) in [5.74, 6) is 1.71. The van der Waals surface area contributed by atoms with Crippen LogP contribution in [0.5, 0.6) is 11.5 Å². The summed E-state index contributed by atoms with van der Waals surface area (Å²) in [5, 5.41) is 6.22. The van der Waals surface area contributed by atoms with Gasteiger partial charge in [0.1, 0.15) is 12.7 Å². The number of ether oxygens (including phenoxy) is 2. The number of hydrogen-bond donors (Lipinski definition) is 2. The predicted molar refractivity (Wildman–Crippen MR) is 75.0 cm³/mol. The highest BCUT2D eigenvalue weighted by Gasteiger charge is 2.24. The van der Waals surface area contributed by atoms with E-state index in [4.69, 9.17) is 9.47 Å². The third kappa shape index (κ3) is 3.04. The van der Waals surface area contributed by atoms with Crippen molar-refractivity contribution in [3.8, 4) is 11.5 Å². The Morgan fingerprint density at radius 1 is 1.35 bits per heavy atom. The minimum Gasteiger partial charge on any atom is -0.486 e. The number of carbonyl (C=O) groups excluding carboxylic acids is 1. The van der Waals surface area contributed by atoms with Crippen LogP contribution in [0.15, 0.2) is 24.3 Å². The molecule has 3 rings (SSSR count). The first-order valence-electron chi connectivity index (χ1n) is 7.20. The molecule has 108 valence electrons. The lowest BCUT2D eigenvalue weighted by Gasteiger charge is -2.28. The van der Waals surface area contributed by atoms with Crippen LogP contribution in [0.2, 0.25) is 0 Å². The van der Waals surface area contributed by atoms with Gasteiger partial charge in [0, 0.05) is 6.54 Å². The number of nitrogens with one attached hydrogen (secondary N) is 2. The third-order valence-electron chi connectivity index (χ3n) is 3.74. The molecule has 2 heterocycles. The lowest BCUT2D eigenvalue weighted by atomic mass is 9.99. The van der Waals surface area contributed by atoms with Gasteiger partial charge in [-0.05, 0) is 31.5 Å². The molecule has 5 nitrogen and oxygen atoms in total. The number of piperidine rings is 1. The molecule has 5 heteroatoms. The van der Waals surface area contributed by atoms with Crippen molar-refractivity contribution in [3.63, 3.8) is 0 Å². The van der Waals surface area contributed by atoms with Crippen LogP contribution in [-0.2, 0) is 4.79 Å². The minimum atomic E-state index is -0.120. The van der Waals surface area contributed by atoms with Gasteiger partial charge in [0.15, 0.2) is 11.5 Å². The molecule has 0 spiro atoms. The van der Waals surface area contributed by atoms with Gasteiger partial charge in [-0.3, -0.25) is 4.79 Å². The number of fused-ring (bicyclic) bond motifs is 1. The van der Waals surface area contributed by atoms with Crippen molar-refractivity contribution < 1.29 is 14.3 Å². The zero-order valence-corrected chi connectivity index (χ0v) is 11.4. The Labute approximate surface area is 118 Å². The van der Waals surface area contributed by atoms with E-state index >= 15 is 0 Å². The normalized spacial score (nSPS) is 25.0. The predicted octanol–water partition coefficient (Wildman–Crippen LogP) is 0.942. The number of rotatable bonds is 3. The van der Waals surface area contributed by atoms with Crippen LogP contribution in [0, 0.1) is 5.92 Å². The van der Waals surface area contributed by atoms with Crippen LogP contribution < -0.4 is 20.1 Å². The quantitative estimate of drug-likeness (QED) is 0.862. The Balaban J connectivity index is 1.49. The lowest BCUT2D eigenvalue weighted by Crippen LogP contribution is -2.45. The highest BCUT2D eigenvalue weighted by Crippen LogP contribution is 2.30. The molecule has 2 aliphatic heterocycles. The molecule has 2 N–H and O–H groups in total. The Hall–Kier alpha value is -1.75. The lowest BCUT2D eigenvalue weighted by molar-refractivity contribution is -0.126. The van der Waals surface area contributed by atoms with Gasteiger partial charge < -0.3 is 20.1 Å². The van der Waals surface area contributed by atoms with Crippen molar-refractivity contribution in [3.05, 3.63) is 24.3 Å². The number of hydrogen-bond acceptors (Lipinski definition) is 4. The van der Waals surface area contributed by atoms with Gasteiger partial charge in [-0.2, -0.15) is 0 Å². The van der Waals surface area contributed by atoms with E-state index in [1.807, 2.05) is 24.3 Å². The van der Waals surface area contributed by atoms with Crippen molar-refractivity contribution >= 4 is 5.91 Å². The van der Waals surface area contributed by atoms with Gasteiger partial charge >= 0.3 is 0 Å². The molecule has 2 atom stereocenters. The Morgan fingerprint density at radius 3 is 3.00 bits per heavy atom. The number of carbonyl (C=O) groups is 1. The first kappa shape index (κ1) is 13.2. The van der Waals surface area contributed by atoms with E-state index in [2.05, 4.69) is 10.6 Å². The van der Waals surface area contributed by atoms with Crippen molar-refractivity contribution in [1.29, 1.82) is 0 Å². The number of para-hydroxylation sites is 2. The van der Waals surface area contributed by atoms with E-state index in [0.717, 1.165) is 37.4 Å². The van der Waals surface area contributed by atoms with Gasteiger partial charge in [-0.1, -0.05) is 12.1 Å². The summed E-state index contributed by atoms with van der Waals surface area (Å²) < 4.78 is 11.4. The van der Waals surface area contributed by atoms with E-state index in [-0.39, 0.29) is 17.9 Å². The molecular weight excluding hydrogens is 256 g/mol. The fraction of sp³-hybridized carbons (Fsp3) is 0.533. The first-order chi connectivity index (χ1) is 9.83. The molecule has 2 unspecified atom stereocenters. The molecule has 1 aromatic carbocycles. The maximum Gasteiger partial charge on any atom is 0.224 e. The van der Waals surface area contributed by atoms with Gasteiger partial charge in [0.05, 0.1) is 12.5 Å². The molecule has 1 aromatic rings. The van der Waals surface area contributed by atoms with Crippen molar-refractivity contribution in [2.45, 2.75) is 18.9 Å². The fourth-order valence-electron chi connectivity index (χ4n) is 2.60. The largest absolute Gasteiger partial charge is 0.486 e. The standard InChI is InChI=1S/C15H20N2O3/c18-15(11-4-3-7-16-8-11)17-9-12-10-19-13-5-1-2-6-14(13)20-12/h1-2,5-6,11-12,16H,3-4,7-10H2,(H,17,18). The van der Waals surface area contributed by atoms with Gasteiger partial charge in [-0.15, -0.1) is 0 Å². The molecule has 0 bridgehead atoms. The molecule has 0 aliphatic carbocycles. The van der Waals surface area contributed by atoms with Crippen LogP contribution in [0.3, 0.4) is 0 Å². The summed E-state index contributed by atoms with van der Waals surface area (Å²) in [7, 11) is 0. The van der Waals surface area contributed by atoms with Crippen LogP contribution in [-0.4, -0.2) is 38.3 Å².